The quantitative estimate of drug-likeness (QED) is 0.700. The van der Waals surface area contributed by atoms with Crippen molar-refractivity contribution in [3.05, 3.63) is 41.8 Å². The minimum absolute atomic E-state index is 0.585. The molecule has 2 heterocycles. The Labute approximate surface area is 104 Å². The van der Waals surface area contributed by atoms with Gasteiger partial charge in [-0.1, -0.05) is 0 Å². The van der Waals surface area contributed by atoms with Crippen LogP contribution >= 0.6 is 0 Å². The first kappa shape index (κ1) is 10.8. The molecule has 0 saturated carbocycles. The Morgan fingerprint density at radius 3 is 2.89 bits per heavy atom. The molecule has 2 aromatic heterocycles. The first-order valence-corrected chi connectivity index (χ1v) is 5.77. The number of aryl methyl sites for hydroxylation is 1. The fourth-order valence-corrected chi connectivity index (χ4v) is 1.91. The van der Waals surface area contributed by atoms with Crippen molar-refractivity contribution >= 4 is 16.8 Å². The summed E-state index contributed by atoms with van der Waals surface area (Å²) in [6, 6.07) is 5.47. The van der Waals surface area contributed by atoms with Crippen LogP contribution in [-0.4, -0.2) is 14.5 Å². The van der Waals surface area contributed by atoms with Gasteiger partial charge in [0.15, 0.2) is 5.58 Å². The van der Waals surface area contributed by atoms with Crippen LogP contribution in [0.5, 0.6) is 0 Å². The summed E-state index contributed by atoms with van der Waals surface area (Å²) in [5.74, 6) is 0.663. The van der Waals surface area contributed by atoms with Crippen molar-refractivity contribution in [3.8, 4) is 0 Å². The van der Waals surface area contributed by atoms with Crippen molar-refractivity contribution in [2.24, 2.45) is 0 Å². The summed E-state index contributed by atoms with van der Waals surface area (Å²) in [7, 11) is 0. The van der Waals surface area contributed by atoms with E-state index in [0.29, 0.717) is 18.1 Å². The van der Waals surface area contributed by atoms with Gasteiger partial charge in [-0.3, -0.25) is 0 Å². The van der Waals surface area contributed by atoms with Crippen molar-refractivity contribution in [1.29, 1.82) is 0 Å². The van der Waals surface area contributed by atoms with Crippen molar-refractivity contribution in [3.63, 3.8) is 0 Å². The molecular formula is C13H14N4O. The molecule has 0 aliphatic rings. The fourth-order valence-electron chi connectivity index (χ4n) is 1.91. The predicted octanol–water partition coefficient (Wildman–Crippen LogP) is 2.27. The molecule has 0 spiro atoms. The third-order valence-corrected chi connectivity index (χ3v) is 3.11. The van der Waals surface area contributed by atoms with E-state index in [0.717, 1.165) is 22.5 Å². The lowest BCUT2D eigenvalue weighted by Gasteiger charge is -2.00. The second-order valence-corrected chi connectivity index (χ2v) is 4.38. The SMILES string of the molecule is Cc1ncn(Cc2nc3ccc(N)cc3o2)c1C. The number of aromatic nitrogens is 3. The van der Waals surface area contributed by atoms with Crippen molar-refractivity contribution in [1.82, 2.24) is 14.5 Å². The lowest BCUT2D eigenvalue weighted by molar-refractivity contribution is 0.506. The van der Waals surface area contributed by atoms with E-state index in [4.69, 9.17) is 10.2 Å². The lowest BCUT2D eigenvalue weighted by Crippen LogP contribution is -2.00. The predicted molar refractivity (Wildman–Crippen MR) is 69.2 cm³/mol. The smallest absolute Gasteiger partial charge is 0.215 e. The average molecular weight is 242 g/mol. The van der Waals surface area contributed by atoms with Gasteiger partial charge < -0.3 is 14.7 Å². The molecule has 3 aromatic rings. The Balaban J connectivity index is 1.98. The molecule has 92 valence electrons. The summed E-state index contributed by atoms with van der Waals surface area (Å²) in [5, 5.41) is 0. The highest BCUT2D eigenvalue weighted by molar-refractivity contribution is 5.76. The molecule has 0 bridgehead atoms. The van der Waals surface area contributed by atoms with E-state index in [1.165, 1.54) is 0 Å². The van der Waals surface area contributed by atoms with Gasteiger partial charge in [0.1, 0.15) is 12.1 Å². The van der Waals surface area contributed by atoms with Crippen LogP contribution in [0.1, 0.15) is 17.3 Å². The number of nitrogens with two attached hydrogens (primary N) is 1. The Kier molecular flexibility index (Phi) is 2.33. The number of nitrogens with zero attached hydrogens (tertiary/aromatic N) is 3. The number of anilines is 1. The van der Waals surface area contributed by atoms with Crippen molar-refractivity contribution in [2.45, 2.75) is 20.4 Å². The molecule has 0 amide bonds. The van der Waals surface area contributed by atoms with Crippen molar-refractivity contribution in [2.75, 3.05) is 5.73 Å². The van der Waals surface area contributed by atoms with Gasteiger partial charge in [0, 0.05) is 17.4 Å². The van der Waals surface area contributed by atoms with Gasteiger partial charge in [0.05, 0.1) is 12.0 Å². The molecule has 0 unspecified atom stereocenters. The first-order valence-electron chi connectivity index (χ1n) is 5.77. The van der Waals surface area contributed by atoms with E-state index in [9.17, 15) is 0 Å². The minimum atomic E-state index is 0.585. The zero-order valence-corrected chi connectivity index (χ0v) is 10.3. The van der Waals surface area contributed by atoms with Crippen LogP contribution in [0.2, 0.25) is 0 Å². The number of imidazole rings is 1. The van der Waals surface area contributed by atoms with E-state index in [1.807, 2.05) is 30.5 Å². The molecule has 0 atom stereocenters. The number of oxazole rings is 1. The number of hydrogen-bond acceptors (Lipinski definition) is 4. The highest BCUT2D eigenvalue weighted by Gasteiger charge is 2.09. The summed E-state index contributed by atoms with van der Waals surface area (Å²) in [5.41, 5.74) is 10.1. The summed E-state index contributed by atoms with van der Waals surface area (Å²) in [4.78, 5) is 8.68. The van der Waals surface area contributed by atoms with E-state index < -0.39 is 0 Å². The zero-order valence-electron chi connectivity index (χ0n) is 10.3. The molecule has 5 nitrogen and oxygen atoms in total. The van der Waals surface area contributed by atoms with E-state index in [1.54, 1.807) is 12.4 Å². The Morgan fingerprint density at radius 2 is 2.17 bits per heavy atom. The average Bonchev–Trinajstić information content (AvgIpc) is 2.86. The topological polar surface area (TPSA) is 69.9 Å². The van der Waals surface area contributed by atoms with Crippen molar-refractivity contribution < 1.29 is 4.42 Å². The standard InChI is InChI=1S/C13H14N4O/c1-8-9(2)17(7-15-8)6-13-16-11-4-3-10(14)5-12(11)18-13/h3-5,7H,6,14H2,1-2H3. The van der Waals surface area contributed by atoms with Crippen LogP contribution in [0, 0.1) is 13.8 Å². The second-order valence-electron chi connectivity index (χ2n) is 4.38. The number of nitrogen functional groups attached to an aromatic ring is 1. The molecule has 5 heteroatoms. The van der Waals surface area contributed by atoms with Gasteiger partial charge in [-0.2, -0.15) is 0 Å². The molecule has 3 rings (SSSR count). The molecule has 0 saturated heterocycles. The van der Waals surface area contributed by atoms with Crippen LogP contribution in [0.4, 0.5) is 5.69 Å². The third kappa shape index (κ3) is 1.73. The lowest BCUT2D eigenvalue weighted by atomic mass is 10.3. The number of rotatable bonds is 2. The van der Waals surface area contributed by atoms with E-state index >= 15 is 0 Å². The highest BCUT2D eigenvalue weighted by Crippen LogP contribution is 2.19. The fraction of sp³-hybridized carbons (Fsp3) is 0.231. The van der Waals surface area contributed by atoms with E-state index in [-0.39, 0.29) is 0 Å². The molecular weight excluding hydrogens is 228 g/mol. The maximum atomic E-state index is 5.71. The Hall–Kier alpha value is -2.30. The zero-order chi connectivity index (χ0) is 12.7. The van der Waals surface area contributed by atoms with Gasteiger partial charge >= 0.3 is 0 Å². The number of benzene rings is 1. The largest absolute Gasteiger partial charge is 0.439 e. The van der Waals surface area contributed by atoms with Crippen LogP contribution in [-0.2, 0) is 6.54 Å². The molecule has 18 heavy (non-hydrogen) atoms. The molecule has 1 aromatic carbocycles. The molecule has 0 fully saturated rings. The van der Waals surface area contributed by atoms with Gasteiger partial charge in [-0.25, -0.2) is 9.97 Å². The van der Waals surface area contributed by atoms with Gasteiger partial charge in [-0.15, -0.1) is 0 Å². The Morgan fingerprint density at radius 1 is 1.33 bits per heavy atom. The molecule has 0 aliphatic heterocycles. The number of hydrogen-bond donors (Lipinski definition) is 1. The van der Waals surface area contributed by atoms with Crippen LogP contribution in [0.15, 0.2) is 28.9 Å². The molecule has 0 radical (unpaired) electrons. The maximum Gasteiger partial charge on any atom is 0.215 e. The highest BCUT2D eigenvalue weighted by atomic mass is 16.3. The minimum Gasteiger partial charge on any atom is -0.439 e. The molecule has 0 aliphatic carbocycles. The van der Waals surface area contributed by atoms with Gasteiger partial charge in [-0.05, 0) is 26.0 Å². The molecule has 2 N–H and O–H groups in total. The first-order chi connectivity index (χ1) is 8.63. The third-order valence-electron chi connectivity index (χ3n) is 3.11. The summed E-state index contributed by atoms with van der Waals surface area (Å²) < 4.78 is 7.69. The van der Waals surface area contributed by atoms with Crippen LogP contribution < -0.4 is 5.73 Å². The van der Waals surface area contributed by atoms with Gasteiger partial charge in [0.25, 0.3) is 0 Å². The Bertz CT molecular complexity index is 711. The monoisotopic (exact) mass is 242 g/mol. The van der Waals surface area contributed by atoms with Crippen LogP contribution in [0.3, 0.4) is 0 Å². The van der Waals surface area contributed by atoms with Gasteiger partial charge in [0.2, 0.25) is 5.89 Å². The summed E-state index contributed by atoms with van der Waals surface area (Å²) >= 11 is 0. The summed E-state index contributed by atoms with van der Waals surface area (Å²) in [6.45, 7) is 4.60. The number of fused-ring (bicyclic) bond motifs is 1. The van der Waals surface area contributed by atoms with E-state index in [2.05, 4.69) is 9.97 Å². The second kappa shape index (κ2) is 3.87. The van der Waals surface area contributed by atoms with Crippen LogP contribution in [0.25, 0.3) is 11.1 Å². The maximum absolute atomic E-state index is 5.71. The summed E-state index contributed by atoms with van der Waals surface area (Å²) in [6.07, 6.45) is 1.80. The normalized spacial score (nSPS) is 11.2.